The third-order valence-corrected chi connectivity index (χ3v) is 3.32. The third kappa shape index (κ3) is 2.27. The van der Waals surface area contributed by atoms with E-state index in [0.29, 0.717) is 0 Å². The number of hydrogen-bond donors (Lipinski definition) is 0. The first-order chi connectivity index (χ1) is 8.28. The molecule has 0 bridgehead atoms. The molecule has 86 valence electrons. The summed E-state index contributed by atoms with van der Waals surface area (Å²) in [7, 11) is 3.30. The van der Waals surface area contributed by atoms with E-state index in [1.54, 1.807) is 25.6 Å². The molecule has 0 atom stereocenters. The number of ether oxygens (including phenoxy) is 2. The van der Waals surface area contributed by atoms with E-state index < -0.39 is 0 Å². The summed E-state index contributed by atoms with van der Waals surface area (Å²) in [5.41, 5.74) is 2.04. The molecule has 0 saturated heterocycles. The molecule has 0 amide bonds. The second-order valence-electron chi connectivity index (χ2n) is 3.41. The highest BCUT2D eigenvalue weighted by Gasteiger charge is 2.09. The van der Waals surface area contributed by atoms with Crippen LogP contribution in [0.15, 0.2) is 29.6 Å². The van der Waals surface area contributed by atoms with Crippen LogP contribution in [-0.4, -0.2) is 14.2 Å². The number of hydrogen-bond acceptors (Lipinski definition) is 3. The molecule has 0 spiro atoms. The topological polar surface area (TPSA) is 18.5 Å². The van der Waals surface area contributed by atoms with Crippen LogP contribution in [0.1, 0.15) is 4.88 Å². The second-order valence-corrected chi connectivity index (χ2v) is 4.32. The highest BCUT2D eigenvalue weighted by atomic mass is 32.1. The lowest BCUT2D eigenvalue weighted by atomic mass is 10.1. The van der Waals surface area contributed by atoms with E-state index in [0.717, 1.165) is 27.5 Å². The van der Waals surface area contributed by atoms with Crippen molar-refractivity contribution < 1.29 is 9.47 Å². The minimum atomic E-state index is 0.800. The second kappa shape index (κ2) is 4.94. The molecule has 1 aromatic carbocycles. The molecule has 3 heteroatoms. The number of thiophene rings is 1. The number of benzene rings is 1. The van der Waals surface area contributed by atoms with E-state index in [1.165, 1.54) is 0 Å². The smallest absolute Gasteiger partial charge is 0.126 e. The van der Waals surface area contributed by atoms with Gasteiger partial charge in [0.05, 0.1) is 19.1 Å². The van der Waals surface area contributed by atoms with E-state index in [2.05, 4.69) is 5.92 Å². The van der Waals surface area contributed by atoms with Gasteiger partial charge in [-0.1, -0.05) is 5.92 Å². The van der Waals surface area contributed by atoms with Crippen molar-refractivity contribution in [1.82, 2.24) is 0 Å². The zero-order valence-corrected chi connectivity index (χ0v) is 10.5. The average Bonchev–Trinajstić information content (AvgIpc) is 2.86. The summed E-state index contributed by atoms with van der Waals surface area (Å²) >= 11 is 1.54. The zero-order chi connectivity index (χ0) is 12.3. The largest absolute Gasteiger partial charge is 0.497 e. The SMILES string of the molecule is C#Cc1cc(-c2cc(OC)ccc2OC)cs1. The quantitative estimate of drug-likeness (QED) is 0.770. The van der Waals surface area contributed by atoms with Gasteiger partial charge in [-0.25, -0.2) is 0 Å². The first kappa shape index (κ1) is 11.6. The summed E-state index contributed by atoms with van der Waals surface area (Å²) in [5.74, 6) is 4.24. The van der Waals surface area contributed by atoms with Crippen LogP contribution in [0.3, 0.4) is 0 Å². The fourth-order valence-electron chi connectivity index (χ4n) is 1.59. The fourth-order valence-corrected chi connectivity index (χ4v) is 2.30. The Labute approximate surface area is 105 Å². The molecule has 17 heavy (non-hydrogen) atoms. The highest BCUT2D eigenvalue weighted by Crippen LogP contribution is 2.35. The summed E-state index contributed by atoms with van der Waals surface area (Å²) in [6.07, 6.45) is 5.37. The maximum atomic E-state index is 5.37. The Hall–Kier alpha value is -1.92. The molecule has 2 nitrogen and oxygen atoms in total. The monoisotopic (exact) mass is 244 g/mol. The first-order valence-corrected chi connectivity index (χ1v) is 5.94. The van der Waals surface area contributed by atoms with E-state index in [1.807, 2.05) is 29.6 Å². The van der Waals surface area contributed by atoms with Gasteiger partial charge in [0.1, 0.15) is 11.5 Å². The molecule has 2 aromatic rings. The molecular formula is C14H12O2S. The molecule has 1 aromatic heterocycles. The predicted molar refractivity (Wildman–Crippen MR) is 70.8 cm³/mol. The molecule has 0 aliphatic carbocycles. The van der Waals surface area contributed by atoms with Crippen molar-refractivity contribution >= 4 is 11.3 Å². The van der Waals surface area contributed by atoms with Crippen molar-refractivity contribution in [3.05, 3.63) is 34.5 Å². The Morgan fingerprint density at radius 3 is 2.59 bits per heavy atom. The number of methoxy groups -OCH3 is 2. The molecule has 0 saturated carbocycles. The summed E-state index contributed by atoms with van der Waals surface area (Å²) in [5, 5.41) is 2.02. The van der Waals surface area contributed by atoms with Crippen LogP contribution in [0.2, 0.25) is 0 Å². The van der Waals surface area contributed by atoms with Gasteiger partial charge in [0.15, 0.2) is 0 Å². The summed E-state index contributed by atoms with van der Waals surface area (Å²) in [6.45, 7) is 0. The molecule has 0 aliphatic heterocycles. The van der Waals surface area contributed by atoms with Gasteiger partial charge in [0, 0.05) is 10.9 Å². The molecule has 2 rings (SSSR count). The van der Waals surface area contributed by atoms with Crippen molar-refractivity contribution in [2.24, 2.45) is 0 Å². The van der Waals surface area contributed by atoms with Gasteiger partial charge >= 0.3 is 0 Å². The molecular weight excluding hydrogens is 232 g/mol. The minimum absolute atomic E-state index is 0.800. The molecule has 0 aliphatic rings. The molecule has 0 N–H and O–H groups in total. The Bertz CT molecular complexity index is 564. The molecule has 0 fully saturated rings. The Balaban J connectivity index is 2.52. The highest BCUT2D eigenvalue weighted by molar-refractivity contribution is 7.11. The van der Waals surface area contributed by atoms with Crippen molar-refractivity contribution in [1.29, 1.82) is 0 Å². The lowest BCUT2D eigenvalue weighted by Crippen LogP contribution is -1.89. The van der Waals surface area contributed by atoms with E-state index in [4.69, 9.17) is 15.9 Å². The van der Waals surface area contributed by atoms with Crippen molar-refractivity contribution in [3.63, 3.8) is 0 Å². The van der Waals surface area contributed by atoms with Crippen LogP contribution in [0, 0.1) is 12.3 Å². The van der Waals surface area contributed by atoms with Gasteiger partial charge in [0.25, 0.3) is 0 Å². The fraction of sp³-hybridized carbons (Fsp3) is 0.143. The van der Waals surface area contributed by atoms with Gasteiger partial charge in [-0.05, 0) is 29.8 Å². The maximum absolute atomic E-state index is 5.37. The molecule has 0 radical (unpaired) electrons. The lowest BCUT2D eigenvalue weighted by molar-refractivity contribution is 0.404. The minimum Gasteiger partial charge on any atom is -0.497 e. The van der Waals surface area contributed by atoms with E-state index in [9.17, 15) is 0 Å². The van der Waals surface area contributed by atoms with Crippen LogP contribution in [-0.2, 0) is 0 Å². The van der Waals surface area contributed by atoms with Gasteiger partial charge in [-0.3, -0.25) is 0 Å². The van der Waals surface area contributed by atoms with Crippen molar-refractivity contribution in [2.45, 2.75) is 0 Å². The Kier molecular flexibility index (Phi) is 3.36. The van der Waals surface area contributed by atoms with Crippen LogP contribution in [0.4, 0.5) is 0 Å². The number of rotatable bonds is 3. The summed E-state index contributed by atoms with van der Waals surface area (Å²) in [4.78, 5) is 0.907. The third-order valence-electron chi connectivity index (χ3n) is 2.46. The molecule has 1 heterocycles. The van der Waals surface area contributed by atoms with E-state index in [-0.39, 0.29) is 0 Å². The standard InChI is InChI=1S/C14H12O2S/c1-4-12-7-10(9-17-12)13-8-11(15-2)5-6-14(13)16-3/h1,5-9H,2-3H3. The van der Waals surface area contributed by atoms with Crippen LogP contribution >= 0.6 is 11.3 Å². The lowest BCUT2D eigenvalue weighted by Gasteiger charge is -2.08. The van der Waals surface area contributed by atoms with Gasteiger partial charge in [-0.15, -0.1) is 17.8 Å². The Morgan fingerprint density at radius 1 is 1.18 bits per heavy atom. The maximum Gasteiger partial charge on any atom is 0.126 e. The average molecular weight is 244 g/mol. The van der Waals surface area contributed by atoms with Gasteiger partial charge in [-0.2, -0.15) is 0 Å². The Morgan fingerprint density at radius 2 is 2.00 bits per heavy atom. The van der Waals surface area contributed by atoms with E-state index >= 15 is 0 Å². The van der Waals surface area contributed by atoms with Crippen molar-refractivity contribution in [2.75, 3.05) is 14.2 Å². The number of terminal acetylenes is 1. The zero-order valence-electron chi connectivity index (χ0n) is 9.69. The summed E-state index contributed by atoms with van der Waals surface area (Å²) < 4.78 is 10.6. The summed E-state index contributed by atoms with van der Waals surface area (Å²) in [6, 6.07) is 7.68. The van der Waals surface area contributed by atoms with Gasteiger partial charge < -0.3 is 9.47 Å². The van der Waals surface area contributed by atoms with Crippen LogP contribution in [0.5, 0.6) is 11.5 Å². The van der Waals surface area contributed by atoms with Crippen LogP contribution < -0.4 is 9.47 Å². The van der Waals surface area contributed by atoms with Crippen LogP contribution in [0.25, 0.3) is 11.1 Å². The first-order valence-electron chi connectivity index (χ1n) is 5.06. The molecule has 0 unspecified atom stereocenters. The van der Waals surface area contributed by atoms with Crippen molar-refractivity contribution in [3.8, 4) is 35.0 Å². The van der Waals surface area contributed by atoms with Gasteiger partial charge in [0.2, 0.25) is 0 Å². The predicted octanol–water partition coefficient (Wildman–Crippen LogP) is 3.41. The normalized spacial score (nSPS) is 9.71.